The first-order valence-electron chi connectivity index (χ1n) is 7.69. The van der Waals surface area contributed by atoms with Gasteiger partial charge in [0.1, 0.15) is 18.9 Å². The van der Waals surface area contributed by atoms with Crippen LogP contribution in [-0.4, -0.2) is 37.8 Å². The minimum absolute atomic E-state index is 0.0360. The highest BCUT2D eigenvalue weighted by Crippen LogP contribution is 2.21. The quantitative estimate of drug-likeness (QED) is 0.783. The summed E-state index contributed by atoms with van der Waals surface area (Å²) in [6.07, 6.45) is 3.80. The third kappa shape index (κ3) is 3.17. The number of nitrogens with zero attached hydrogens (tertiary/aromatic N) is 5. The molecule has 7 heteroatoms. The number of carbonyl (C=O) groups excluding carboxylic acids is 1. The summed E-state index contributed by atoms with van der Waals surface area (Å²) in [7, 11) is 0. The first-order chi connectivity index (χ1) is 11.1. The topological polar surface area (TPSA) is 85.7 Å². The SMILES string of the molecule is Cc1cc(C(=O)Cn2cnc(C#N)n2)c(C)n1CC1CCCO1. The molecule has 0 radical (unpaired) electrons. The minimum Gasteiger partial charge on any atom is -0.376 e. The molecule has 1 unspecified atom stereocenters. The Labute approximate surface area is 134 Å². The maximum absolute atomic E-state index is 12.5. The lowest BCUT2D eigenvalue weighted by Gasteiger charge is -2.14. The lowest BCUT2D eigenvalue weighted by molar-refractivity contribution is 0.0946. The zero-order valence-electron chi connectivity index (χ0n) is 13.3. The van der Waals surface area contributed by atoms with Gasteiger partial charge in [0.2, 0.25) is 0 Å². The fourth-order valence-electron chi connectivity index (χ4n) is 3.01. The molecule has 0 N–H and O–H groups in total. The van der Waals surface area contributed by atoms with Crippen molar-refractivity contribution < 1.29 is 9.53 Å². The highest BCUT2D eigenvalue weighted by Gasteiger charge is 2.21. The van der Waals surface area contributed by atoms with E-state index >= 15 is 0 Å². The number of rotatable bonds is 5. The van der Waals surface area contributed by atoms with Gasteiger partial charge in [-0.25, -0.2) is 9.67 Å². The molecule has 3 rings (SSSR count). The van der Waals surface area contributed by atoms with Crippen LogP contribution in [0.15, 0.2) is 12.4 Å². The minimum atomic E-state index is -0.0360. The molecule has 0 aromatic carbocycles. The van der Waals surface area contributed by atoms with Crippen LogP contribution in [0.1, 0.15) is 40.4 Å². The van der Waals surface area contributed by atoms with E-state index in [-0.39, 0.29) is 24.3 Å². The van der Waals surface area contributed by atoms with E-state index < -0.39 is 0 Å². The molecule has 120 valence electrons. The van der Waals surface area contributed by atoms with E-state index in [2.05, 4.69) is 14.6 Å². The van der Waals surface area contributed by atoms with Gasteiger partial charge in [-0.05, 0) is 32.8 Å². The molecular weight excluding hydrogens is 294 g/mol. The Kier molecular flexibility index (Phi) is 4.26. The summed E-state index contributed by atoms with van der Waals surface area (Å²) in [5, 5.41) is 12.7. The second kappa shape index (κ2) is 6.34. The summed E-state index contributed by atoms with van der Waals surface area (Å²) in [4.78, 5) is 16.3. The zero-order chi connectivity index (χ0) is 16.4. The standard InChI is InChI=1S/C16H19N5O2/c1-11-6-14(12(2)21(11)8-13-4-3-5-23-13)15(22)9-20-10-18-16(7-17)19-20/h6,10,13H,3-5,8-9H2,1-2H3. The molecule has 2 aromatic heterocycles. The first kappa shape index (κ1) is 15.4. The predicted molar refractivity (Wildman–Crippen MR) is 81.9 cm³/mol. The summed E-state index contributed by atoms with van der Waals surface area (Å²) in [6, 6.07) is 3.76. The van der Waals surface area contributed by atoms with E-state index in [1.165, 1.54) is 11.0 Å². The molecule has 7 nitrogen and oxygen atoms in total. The number of aromatic nitrogens is 4. The Balaban J connectivity index is 1.76. The maximum Gasteiger partial charge on any atom is 0.252 e. The average molecular weight is 313 g/mol. The molecule has 0 aliphatic carbocycles. The Bertz CT molecular complexity index is 762. The highest BCUT2D eigenvalue weighted by molar-refractivity contribution is 5.97. The molecule has 0 spiro atoms. The monoisotopic (exact) mass is 313 g/mol. The fraction of sp³-hybridized carbons (Fsp3) is 0.500. The van der Waals surface area contributed by atoms with Crippen LogP contribution in [0.2, 0.25) is 0 Å². The van der Waals surface area contributed by atoms with Gasteiger partial charge in [0.15, 0.2) is 5.78 Å². The molecule has 1 fully saturated rings. The third-order valence-corrected chi connectivity index (χ3v) is 4.23. The maximum atomic E-state index is 12.5. The molecule has 2 aromatic rings. The zero-order valence-corrected chi connectivity index (χ0v) is 13.3. The van der Waals surface area contributed by atoms with Gasteiger partial charge in [-0.1, -0.05) is 0 Å². The molecule has 0 bridgehead atoms. The van der Waals surface area contributed by atoms with Crippen molar-refractivity contribution in [2.75, 3.05) is 6.61 Å². The van der Waals surface area contributed by atoms with Gasteiger partial charge in [0.05, 0.1) is 6.10 Å². The molecule has 0 amide bonds. The van der Waals surface area contributed by atoms with Gasteiger partial charge in [0, 0.05) is 30.1 Å². The number of Topliss-reactive ketones (excluding diaryl/α,β-unsaturated/α-hetero) is 1. The van der Waals surface area contributed by atoms with Crippen LogP contribution < -0.4 is 0 Å². The number of ketones is 1. The molecular formula is C16H19N5O2. The summed E-state index contributed by atoms with van der Waals surface area (Å²) in [6.45, 7) is 5.65. The van der Waals surface area contributed by atoms with Crippen LogP contribution >= 0.6 is 0 Å². The number of ether oxygens (including phenoxy) is 1. The second-order valence-corrected chi connectivity index (χ2v) is 5.83. The number of nitriles is 1. The van der Waals surface area contributed by atoms with E-state index in [0.29, 0.717) is 5.56 Å². The van der Waals surface area contributed by atoms with Gasteiger partial charge in [-0.15, -0.1) is 5.10 Å². The molecule has 1 saturated heterocycles. The average Bonchev–Trinajstić information content (AvgIpc) is 3.25. The molecule has 0 saturated carbocycles. The van der Waals surface area contributed by atoms with Gasteiger partial charge in [-0.3, -0.25) is 4.79 Å². The van der Waals surface area contributed by atoms with Crippen molar-refractivity contribution in [1.29, 1.82) is 5.26 Å². The summed E-state index contributed by atoms with van der Waals surface area (Å²) < 4.78 is 9.23. The van der Waals surface area contributed by atoms with Crippen LogP contribution in [0, 0.1) is 25.2 Å². The van der Waals surface area contributed by atoms with Crippen molar-refractivity contribution in [2.45, 2.75) is 45.9 Å². The fourth-order valence-corrected chi connectivity index (χ4v) is 3.01. The lowest BCUT2D eigenvalue weighted by Crippen LogP contribution is -2.18. The van der Waals surface area contributed by atoms with E-state index in [9.17, 15) is 4.79 Å². The summed E-state index contributed by atoms with van der Waals surface area (Å²) in [5.41, 5.74) is 2.69. The number of carbonyl (C=O) groups is 1. The third-order valence-electron chi connectivity index (χ3n) is 4.23. The molecule has 1 aliphatic rings. The normalized spacial score (nSPS) is 17.3. The number of aryl methyl sites for hydroxylation is 1. The van der Waals surface area contributed by atoms with E-state index in [4.69, 9.17) is 10.00 Å². The van der Waals surface area contributed by atoms with E-state index in [1.807, 2.05) is 26.0 Å². The van der Waals surface area contributed by atoms with Crippen molar-refractivity contribution in [3.8, 4) is 6.07 Å². The smallest absolute Gasteiger partial charge is 0.252 e. The van der Waals surface area contributed by atoms with E-state index in [1.54, 1.807) is 0 Å². The van der Waals surface area contributed by atoms with Crippen LogP contribution in [0.25, 0.3) is 0 Å². The molecule has 23 heavy (non-hydrogen) atoms. The van der Waals surface area contributed by atoms with Gasteiger partial charge < -0.3 is 9.30 Å². The second-order valence-electron chi connectivity index (χ2n) is 5.83. The van der Waals surface area contributed by atoms with Gasteiger partial charge in [-0.2, -0.15) is 5.26 Å². The summed E-state index contributed by atoms with van der Waals surface area (Å²) >= 11 is 0. The van der Waals surface area contributed by atoms with Crippen LogP contribution in [0.4, 0.5) is 0 Å². The Morgan fingerprint density at radius 2 is 2.35 bits per heavy atom. The van der Waals surface area contributed by atoms with Crippen molar-refractivity contribution in [3.05, 3.63) is 35.2 Å². The Hall–Kier alpha value is -2.46. The number of hydrogen-bond acceptors (Lipinski definition) is 5. The Morgan fingerprint density at radius 1 is 1.52 bits per heavy atom. The number of hydrogen-bond donors (Lipinski definition) is 0. The van der Waals surface area contributed by atoms with Gasteiger partial charge in [0.25, 0.3) is 5.82 Å². The molecule has 1 atom stereocenters. The lowest BCUT2D eigenvalue weighted by atomic mass is 10.1. The van der Waals surface area contributed by atoms with Crippen molar-refractivity contribution in [3.63, 3.8) is 0 Å². The van der Waals surface area contributed by atoms with Crippen LogP contribution in [0.3, 0.4) is 0 Å². The largest absolute Gasteiger partial charge is 0.376 e. The molecule has 1 aliphatic heterocycles. The first-order valence-corrected chi connectivity index (χ1v) is 7.69. The van der Waals surface area contributed by atoms with Crippen molar-refractivity contribution in [1.82, 2.24) is 19.3 Å². The van der Waals surface area contributed by atoms with Crippen molar-refractivity contribution >= 4 is 5.78 Å². The predicted octanol–water partition coefficient (Wildman–Crippen LogP) is 1.63. The Morgan fingerprint density at radius 3 is 3.00 bits per heavy atom. The van der Waals surface area contributed by atoms with Crippen LogP contribution in [-0.2, 0) is 17.8 Å². The van der Waals surface area contributed by atoms with Crippen molar-refractivity contribution in [2.24, 2.45) is 0 Å². The highest BCUT2D eigenvalue weighted by atomic mass is 16.5. The summed E-state index contributed by atoms with van der Waals surface area (Å²) in [5.74, 6) is 0.0349. The van der Waals surface area contributed by atoms with E-state index in [0.717, 1.165) is 37.4 Å². The molecule has 3 heterocycles. The van der Waals surface area contributed by atoms with Gasteiger partial charge >= 0.3 is 0 Å². The van der Waals surface area contributed by atoms with Crippen LogP contribution in [0.5, 0.6) is 0 Å².